The van der Waals surface area contributed by atoms with E-state index in [0.717, 1.165) is 37.7 Å². The first kappa shape index (κ1) is 13.2. The number of anilines is 1. The lowest BCUT2D eigenvalue weighted by molar-refractivity contribution is -0.0117. The number of ether oxygens (including phenoxy) is 2. The smallest absolute Gasteiger partial charge is 0.119 e. The molecular formula is C14H22N2O2. The number of methoxy groups -OCH3 is 1. The molecule has 1 aliphatic heterocycles. The van der Waals surface area contributed by atoms with E-state index in [1.165, 1.54) is 5.56 Å². The van der Waals surface area contributed by atoms with Crippen LogP contribution in [0.5, 0.6) is 5.75 Å². The molecule has 1 fully saturated rings. The molecule has 1 saturated heterocycles. The van der Waals surface area contributed by atoms with Gasteiger partial charge in [0.05, 0.1) is 19.8 Å². The van der Waals surface area contributed by atoms with Gasteiger partial charge in [-0.3, -0.25) is 0 Å². The molecule has 1 aromatic carbocycles. The first-order chi connectivity index (χ1) is 8.69. The maximum absolute atomic E-state index is 5.73. The maximum Gasteiger partial charge on any atom is 0.119 e. The standard InChI is InChI=1S/C14H22N2O2/c1-11-8-12(17-3)4-5-14(11)15-9-13-10-16(2)6-7-18-13/h4-5,8,13,15H,6-7,9-10H2,1-3H3. The van der Waals surface area contributed by atoms with Gasteiger partial charge in [-0.1, -0.05) is 0 Å². The minimum atomic E-state index is 0.269. The van der Waals surface area contributed by atoms with Crippen LogP contribution < -0.4 is 10.1 Å². The van der Waals surface area contributed by atoms with Gasteiger partial charge in [0.15, 0.2) is 0 Å². The zero-order valence-electron chi connectivity index (χ0n) is 11.4. The molecule has 18 heavy (non-hydrogen) atoms. The van der Waals surface area contributed by atoms with Gasteiger partial charge in [-0.15, -0.1) is 0 Å². The van der Waals surface area contributed by atoms with Gasteiger partial charge in [-0.2, -0.15) is 0 Å². The van der Waals surface area contributed by atoms with Crippen LogP contribution in [0.2, 0.25) is 0 Å². The average Bonchev–Trinajstić information content (AvgIpc) is 2.37. The molecule has 0 aromatic heterocycles. The van der Waals surface area contributed by atoms with E-state index >= 15 is 0 Å². The molecule has 1 unspecified atom stereocenters. The number of nitrogens with one attached hydrogen (secondary N) is 1. The Morgan fingerprint density at radius 1 is 1.50 bits per heavy atom. The molecule has 1 N–H and O–H groups in total. The molecule has 4 nitrogen and oxygen atoms in total. The second-order valence-electron chi connectivity index (χ2n) is 4.82. The van der Waals surface area contributed by atoms with Crippen LogP contribution in [0.15, 0.2) is 18.2 Å². The van der Waals surface area contributed by atoms with Gasteiger partial charge in [0.25, 0.3) is 0 Å². The van der Waals surface area contributed by atoms with E-state index in [1.807, 2.05) is 12.1 Å². The molecule has 1 aromatic rings. The maximum atomic E-state index is 5.73. The van der Waals surface area contributed by atoms with Gasteiger partial charge < -0.3 is 19.7 Å². The van der Waals surface area contributed by atoms with Gasteiger partial charge in [0, 0.05) is 25.3 Å². The summed E-state index contributed by atoms with van der Waals surface area (Å²) in [5.41, 5.74) is 2.34. The molecule has 1 atom stereocenters. The van der Waals surface area contributed by atoms with E-state index in [1.54, 1.807) is 7.11 Å². The monoisotopic (exact) mass is 250 g/mol. The summed E-state index contributed by atoms with van der Waals surface area (Å²) >= 11 is 0. The fourth-order valence-electron chi connectivity index (χ4n) is 2.18. The Labute approximate surface area is 109 Å². The summed E-state index contributed by atoms with van der Waals surface area (Å²) in [7, 11) is 3.82. The van der Waals surface area contributed by atoms with E-state index < -0.39 is 0 Å². The van der Waals surface area contributed by atoms with Crippen molar-refractivity contribution in [1.82, 2.24) is 4.90 Å². The normalized spacial score (nSPS) is 20.7. The highest BCUT2D eigenvalue weighted by Crippen LogP contribution is 2.21. The molecule has 0 aliphatic carbocycles. The zero-order chi connectivity index (χ0) is 13.0. The summed E-state index contributed by atoms with van der Waals surface area (Å²) in [4.78, 5) is 2.30. The van der Waals surface area contributed by atoms with Gasteiger partial charge in [-0.25, -0.2) is 0 Å². The second-order valence-corrected chi connectivity index (χ2v) is 4.82. The van der Waals surface area contributed by atoms with E-state index in [0.29, 0.717) is 0 Å². The molecule has 0 bridgehead atoms. The quantitative estimate of drug-likeness (QED) is 0.882. The van der Waals surface area contributed by atoms with Crippen molar-refractivity contribution in [3.8, 4) is 5.75 Å². The van der Waals surface area contributed by atoms with Crippen LogP contribution >= 0.6 is 0 Å². The number of aryl methyl sites for hydroxylation is 1. The summed E-state index contributed by atoms with van der Waals surface area (Å²) in [6, 6.07) is 6.07. The third-order valence-electron chi connectivity index (χ3n) is 3.30. The Balaban J connectivity index is 1.89. The predicted molar refractivity (Wildman–Crippen MR) is 73.5 cm³/mol. The minimum Gasteiger partial charge on any atom is -0.497 e. The number of hydrogen-bond acceptors (Lipinski definition) is 4. The molecule has 1 aliphatic rings. The lowest BCUT2D eigenvalue weighted by Crippen LogP contribution is -2.43. The van der Waals surface area contributed by atoms with E-state index in [2.05, 4.69) is 30.3 Å². The Morgan fingerprint density at radius 3 is 3.00 bits per heavy atom. The summed E-state index contributed by atoms with van der Waals surface area (Å²) in [5, 5.41) is 3.45. The highest BCUT2D eigenvalue weighted by Gasteiger charge is 2.17. The molecule has 0 amide bonds. The predicted octanol–water partition coefficient (Wildman–Crippen LogP) is 1.75. The largest absolute Gasteiger partial charge is 0.497 e. The van der Waals surface area contributed by atoms with Gasteiger partial charge in [-0.05, 0) is 37.7 Å². The number of likely N-dealkylation sites (N-methyl/N-ethyl adjacent to an activating group) is 1. The summed E-state index contributed by atoms with van der Waals surface area (Å²) in [6.07, 6.45) is 0.269. The van der Waals surface area contributed by atoms with Gasteiger partial charge >= 0.3 is 0 Å². The molecule has 100 valence electrons. The Hall–Kier alpha value is -1.26. The number of morpholine rings is 1. The van der Waals surface area contributed by atoms with Crippen molar-refractivity contribution >= 4 is 5.69 Å². The lowest BCUT2D eigenvalue weighted by Gasteiger charge is -2.30. The van der Waals surface area contributed by atoms with Gasteiger partial charge in [0.2, 0.25) is 0 Å². The number of benzene rings is 1. The zero-order valence-corrected chi connectivity index (χ0v) is 11.4. The highest BCUT2D eigenvalue weighted by atomic mass is 16.5. The SMILES string of the molecule is COc1ccc(NCC2CN(C)CCO2)c(C)c1. The minimum absolute atomic E-state index is 0.269. The molecule has 0 saturated carbocycles. The van der Waals surface area contributed by atoms with E-state index in [9.17, 15) is 0 Å². The summed E-state index contributed by atoms with van der Waals surface area (Å²) in [5.74, 6) is 0.895. The van der Waals surface area contributed by atoms with Crippen molar-refractivity contribution in [2.24, 2.45) is 0 Å². The molecule has 2 rings (SSSR count). The third-order valence-corrected chi connectivity index (χ3v) is 3.30. The Bertz CT molecular complexity index is 395. The van der Waals surface area contributed by atoms with Crippen molar-refractivity contribution in [1.29, 1.82) is 0 Å². The van der Waals surface area contributed by atoms with E-state index in [-0.39, 0.29) is 6.10 Å². The molecular weight excluding hydrogens is 228 g/mol. The second kappa shape index (κ2) is 6.07. The van der Waals surface area contributed by atoms with Crippen LogP contribution in [-0.2, 0) is 4.74 Å². The highest BCUT2D eigenvalue weighted by molar-refractivity contribution is 5.53. The molecule has 0 radical (unpaired) electrons. The van der Waals surface area contributed by atoms with Crippen molar-refractivity contribution < 1.29 is 9.47 Å². The molecule has 4 heteroatoms. The molecule has 1 heterocycles. The summed E-state index contributed by atoms with van der Waals surface area (Å²) in [6.45, 7) is 5.76. The van der Waals surface area contributed by atoms with Crippen molar-refractivity contribution in [3.63, 3.8) is 0 Å². The Kier molecular flexibility index (Phi) is 4.44. The topological polar surface area (TPSA) is 33.7 Å². The molecule has 0 spiro atoms. The van der Waals surface area contributed by atoms with Gasteiger partial charge in [0.1, 0.15) is 5.75 Å². The third kappa shape index (κ3) is 3.37. The van der Waals surface area contributed by atoms with E-state index in [4.69, 9.17) is 9.47 Å². The number of hydrogen-bond donors (Lipinski definition) is 1. The van der Waals surface area contributed by atoms with Crippen LogP contribution in [0.4, 0.5) is 5.69 Å². The Morgan fingerprint density at radius 2 is 2.33 bits per heavy atom. The summed E-state index contributed by atoms with van der Waals surface area (Å²) < 4.78 is 10.9. The van der Waals surface area contributed by atoms with Crippen molar-refractivity contribution in [2.45, 2.75) is 13.0 Å². The van der Waals surface area contributed by atoms with Crippen LogP contribution in [-0.4, -0.2) is 51.4 Å². The average molecular weight is 250 g/mol. The fourth-order valence-corrected chi connectivity index (χ4v) is 2.18. The van der Waals surface area contributed by atoms with Crippen LogP contribution in [0, 0.1) is 6.92 Å². The van der Waals surface area contributed by atoms with Crippen LogP contribution in [0.3, 0.4) is 0 Å². The van der Waals surface area contributed by atoms with Crippen LogP contribution in [0.25, 0.3) is 0 Å². The fraction of sp³-hybridized carbons (Fsp3) is 0.571. The van der Waals surface area contributed by atoms with Crippen molar-refractivity contribution in [3.05, 3.63) is 23.8 Å². The van der Waals surface area contributed by atoms with Crippen LogP contribution in [0.1, 0.15) is 5.56 Å². The van der Waals surface area contributed by atoms with Crippen molar-refractivity contribution in [2.75, 3.05) is 45.7 Å². The lowest BCUT2D eigenvalue weighted by atomic mass is 10.2. The number of nitrogens with zero attached hydrogens (tertiary/aromatic N) is 1. The number of rotatable bonds is 4. The first-order valence-electron chi connectivity index (χ1n) is 6.37. The first-order valence-corrected chi connectivity index (χ1v) is 6.37.